The number of carbonyl (C=O) groups is 1. The van der Waals surface area contributed by atoms with Gasteiger partial charge in [-0.2, -0.15) is 11.8 Å². The molecule has 0 fully saturated rings. The van der Waals surface area contributed by atoms with Crippen LogP contribution in [0.5, 0.6) is 0 Å². The fourth-order valence-electron chi connectivity index (χ4n) is 1.78. The van der Waals surface area contributed by atoms with Crippen LogP contribution in [0.3, 0.4) is 0 Å². The highest BCUT2D eigenvalue weighted by atomic mass is 35.5. The normalized spacial score (nSPS) is 10.4. The summed E-state index contributed by atoms with van der Waals surface area (Å²) < 4.78 is 0. The molecule has 2 N–H and O–H groups in total. The molecule has 1 aromatic carbocycles. The largest absolute Gasteiger partial charge is 0.320 e. The average Bonchev–Trinajstić information content (AvgIpc) is 2.41. The molecular weight excluding hydrogens is 310 g/mol. The highest BCUT2D eigenvalue weighted by Crippen LogP contribution is 2.20. The molecule has 1 aromatic heterocycles. The number of benzene rings is 1. The lowest BCUT2D eigenvalue weighted by molar-refractivity contribution is 0.102. The predicted molar refractivity (Wildman–Crippen MR) is 86.2 cm³/mol. The van der Waals surface area contributed by atoms with Gasteiger partial charge in [0.15, 0.2) is 0 Å². The number of rotatable bonds is 4. The molecule has 2 aromatic rings. The van der Waals surface area contributed by atoms with Gasteiger partial charge in [-0.3, -0.25) is 9.59 Å². The van der Waals surface area contributed by atoms with Crippen molar-refractivity contribution in [2.45, 2.75) is 12.7 Å². The summed E-state index contributed by atoms with van der Waals surface area (Å²) in [6.07, 6.45) is 1.89. The number of aromatic amines is 1. The number of nitrogens with one attached hydrogen (secondary N) is 2. The van der Waals surface area contributed by atoms with E-state index in [1.807, 2.05) is 13.2 Å². The van der Waals surface area contributed by atoms with Gasteiger partial charge in [-0.05, 0) is 36.9 Å². The topological polar surface area (TPSA) is 74.8 Å². The summed E-state index contributed by atoms with van der Waals surface area (Å²) in [5.41, 5.74) is 1.23. The minimum atomic E-state index is -0.422. The van der Waals surface area contributed by atoms with E-state index in [0.717, 1.165) is 5.56 Å². The molecular formula is C14H14ClN3O2S. The molecule has 1 amide bonds. The summed E-state index contributed by atoms with van der Waals surface area (Å²) in [5, 5.41) is 3.33. The van der Waals surface area contributed by atoms with Gasteiger partial charge in [-0.25, -0.2) is 4.98 Å². The highest BCUT2D eigenvalue weighted by Gasteiger charge is 2.11. The number of nitrogens with zero attached hydrogens (tertiary/aromatic N) is 1. The predicted octanol–water partition coefficient (Wildman–Crippen LogP) is 2.85. The van der Waals surface area contributed by atoms with E-state index in [1.165, 1.54) is 17.8 Å². The van der Waals surface area contributed by atoms with E-state index in [4.69, 9.17) is 11.6 Å². The second-order valence-corrected chi connectivity index (χ2v) is 5.73. The first kappa shape index (κ1) is 15.6. The Labute approximate surface area is 131 Å². The molecule has 0 aliphatic heterocycles. The van der Waals surface area contributed by atoms with Gasteiger partial charge in [0.1, 0.15) is 11.5 Å². The summed E-state index contributed by atoms with van der Waals surface area (Å²) in [6.45, 7) is 1.84. The standard InChI is InChI=1S/C14H14ClN3O2S/c1-8-5-9(15)3-4-10(8)17-14(20)11-6-13(19)18-12(16-11)7-21-2/h3-6H,7H2,1-2H3,(H,17,20)(H,16,18,19). The van der Waals surface area contributed by atoms with Crippen molar-refractivity contribution in [3.63, 3.8) is 0 Å². The van der Waals surface area contributed by atoms with Crippen LogP contribution in [0.15, 0.2) is 29.1 Å². The van der Waals surface area contributed by atoms with Gasteiger partial charge in [0.05, 0.1) is 5.75 Å². The van der Waals surface area contributed by atoms with Gasteiger partial charge in [0.2, 0.25) is 0 Å². The summed E-state index contributed by atoms with van der Waals surface area (Å²) in [6, 6.07) is 6.34. The molecule has 7 heteroatoms. The van der Waals surface area contributed by atoms with Crippen LogP contribution in [0.4, 0.5) is 5.69 Å². The molecule has 0 saturated heterocycles. The molecule has 0 bridgehead atoms. The van der Waals surface area contributed by atoms with Crippen LogP contribution in [0.1, 0.15) is 21.9 Å². The second kappa shape index (κ2) is 6.78. The van der Waals surface area contributed by atoms with Crippen LogP contribution >= 0.6 is 23.4 Å². The molecule has 5 nitrogen and oxygen atoms in total. The molecule has 0 spiro atoms. The molecule has 21 heavy (non-hydrogen) atoms. The van der Waals surface area contributed by atoms with E-state index in [-0.39, 0.29) is 11.3 Å². The Morgan fingerprint density at radius 2 is 2.19 bits per heavy atom. The van der Waals surface area contributed by atoms with Crippen molar-refractivity contribution in [3.8, 4) is 0 Å². The number of halogens is 1. The maximum Gasteiger partial charge on any atom is 0.274 e. The SMILES string of the molecule is CSCc1nc(C(=O)Nc2ccc(Cl)cc2C)cc(=O)[nH]1. The number of H-pyrrole nitrogens is 1. The number of hydrogen-bond donors (Lipinski definition) is 2. The fourth-order valence-corrected chi connectivity index (χ4v) is 2.42. The van der Waals surface area contributed by atoms with E-state index in [0.29, 0.717) is 22.3 Å². The Hall–Kier alpha value is -1.79. The fraction of sp³-hybridized carbons (Fsp3) is 0.214. The summed E-state index contributed by atoms with van der Waals surface area (Å²) in [5.74, 6) is 0.595. The van der Waals surface area contributed by atoms with E-state index >= 15 is 0 Å². The van der Waals surface area contributed by atoms with Crippen molar-refractivity contribution in [1.82, 2.24) is 9.97 Å². The molecule has 0 unspecified atom stereocenters. The van der Waals surface area contributed by atoms with Crippen molar-refractivity contribution in [1.29, 1.82) is 0 Å². The smallest absolute Gasteiger partial charge is 0.274 e. The van der Waals surface area contributed by atoms with Gasteiger partial charge in [0.25, 0.3) is 11.5 Å². The van der Waals surface area contributed by atoms with Crippen molar-refractivity contribution >= 4 is 35.0 Å². The van der Waals surface area contributed by atoms with Gasteiger partial charge >= 0.3 is 0 Å². The number of aryl methyl sites for hydroxylation is 1. The molecule has 0 atom stereocenters. The zero-order valence-electron chi connectivity index (χ0n) is 11.6. The number of anilines is 1. The van der Waals surface area contributed by atoms with Crippen LogP contribution in [-0.4, -0.2) is 22.1 Å². The van der Waals surface area contributed by atoms with Crippen LogP contribution in [-0.2, 0) is 5.75 Å². The monoisotopic (exact) mass is 323 g/mol. The molecule has 2 rings (SSSR count). The van der Waals surface area contributed by atoms with Crippen LogP contribution in [0.2, 0.25) is 5.02 Å². The zero-order chi connectivity index (χ0) is 15.4. The van der Waals surface area contributed by atoms with Crippen LogP contribution in [0.25, 0.3) is 0 Å². The number of thioether (sulfide) groups is 1. The first-order chi connectivity index (χ1) is 9.99. The summed E-state index contributed by atoms with van der Waals surface area (Å²) >= 11 is 7.39. The van der Waals surface area contributed by atoms with Gasteiger partial charge in [0, 0.05) is 16.8 Å². The van der Waals surface area contributed by atoms with Gasteiger partial charge < -0.3 is 10.3 Å². The highest BCUT2D eigenvalue weighted by molar-refractivity contribution is 7.97. The number of carbonyl (C=O) groups excluding carboxylic acids is 1. The van der Waals surface area contributed by atoms with E-state index < -0.39 is 5.91 Å². The van der Waals surface area contributed by atoms with Crippen molar-refractivity contribution in [3.05, 3.63) is 56.7 Å². The number of hydrogen-bond acceptors (Lipinski definition) is 4. The Morgan fingerprint density at radius 3 is 2.86 bits per heavy atom. The van der Waals surface area contributed by atoms with E-state index in [2.05, 4.69) is 15.3 Å². The first-order valence-corrected chi connectivity index (χ1v) is 7.93. The van der Waals surface area contributed by atoms with Crippen LogP contribution < -0.4 is 10.9 Å². The van der Waals surface area contributed by atoms with Crippen molar-refractivity contribution in [2.24, 2.45) is 0 Å². The Balaban J connectivity index is 2.25. The lowest BCUT2D eigenvalue weighted by Crippen LogP contribution is -2.20. The zero-order valence-corrected chi connectivity index (χ0v) is 13.1. The Kier molecular flexibility index (Phi) is 5.03. The molecule has 0 aliphatic rings. The molecule has 0 aliphatic carbocycles. The lowest BCUT2D eigenvalue weighted by atomic mass is 10.2. The molecule has 1 heterocycles. The Morgan fingerprint density at radius 1 is 1.43 bits per heavy atom. The maximum absolute atomic E-state index is 12.2. The van der Waals surface area contributed by atoms with E-state index in [9.17, 15) is 9.59 Å². The van der Waals surface area contributed by atoms with E-state index in [1.54, 1.807) is 18.2 Å². The third kappa shape index (κ3) is 4.09. The van der Waals surface area contributed by atoms with Crippen molar-refractivity contribution in [2.75, 3.05) is 11.6 Å². The molecule has 0 radical (unpaired) electrons. The van der Waals surface area contributed by atoms with Gasteiger partial charge in [-0.15, -0.1) is 0 Å². The Bertz CT molecular complexity index is 730. The van der Waals surface area contributed by atoms with Crippen molar-refractivity contribution < 1.29 is 4.79 Å². The maximum atomic E-state index is 12.2. The number of amides is 1. The average molecular weight is 324 g/mol. The third-order valence-corrected chi connectivity index (χ3v) is 3.54. The minimum absolute atomic E-state index is 0.0946. The van der Waals surface area contributed by atoms with Gasteiger partial charge in [-0.1, -0.05) is 11.6 Å². The lowest BCUT2D eigenvalue weighted by Gasteiger charge is -2.08. The van der Waals surface area contributed by atoms with Crippen LogP contribution in [0, 0.1) is 6.92 Å². The second-order valence-electron chi connectivity index (χ2n) is 4.42. The molecule has 110 valence electrons. The quantitative estimate of drug-likeness (QED) is 0.907. The molecule has 0 saturated carbocycles. The minimum Gasteiger partial charge on any atom is -0.320 e. The third-order valence-electron chi connectivity index (χ3n) is 2.74. The number of aromatic nitrogens is 2. The first-order valence-electron chi connectivity index (χ1n) is 6.16. The summed E-state index contributed by atoms with van der Waals surface area (Å²) in [7, 11) is 0. The summed E-state index contributed by atoms with van der Waals surface area (Å²) in [4.78, 5) is 30.5.